The lowest BCUT2D eigenvalue weighted by molar-refractivity contribution is -0.116. The van der Waals surface area contributed by atoms with Crippen molar-refractivity contribution in [2.75, 3.05) is 0 Å². The van der Waals surface area contributed by atoms with E-state index in [1.165, 1.54) is 0 Å². The molecule has 1 nitrogen and oxygen atoms in total. The van der Waals surface area contributed by atoms with E-state index in [0.29, 0.717) is 6.42 Å². The van der Waals surface area contributed by atoms with Crippen LogP contribution in [0.1, 0.15) is 40.2 Å². The van der Waals surface area contributed by atoms with Gasteiger partial charge in [-0.3, -0.25) is 4.79 Å². The average molecular weight is 194 g/mol. The molecule has 0 aliphatic carbocycles. The minimum absolute atomic E-state index is 0.214. The first-order valence-corrected chi connectivity index (χ1v) is 5.32. The molecule has 80 valence electrons. The highest BCUT2D eigenvalue weighted by Gasteiger charge is 1.93. The third kappa shape index (κ3) is 8.98. The highest BCUT2D eigenvalue weighted by molar-refractivity contribution is 5.78. The average Bonchev–Trinajstić information content (AvgIpc) is 2.24. The number of benzene rings is 1. The number of hydrogen-bond acceptors (Lipinski definition) is 1. The molecule has 0 fully saturated rings. The van der Waals surface area contributed by atoms with Crippen molar-refractivity contribution in [1.29, 1.82) is 0 Å². The van der Waals surface area contributed by atoms with Crippen LogP contribution in [0.25, 0.3) is 0 Å². The SMILES string of the molecule is CC.CC.CC(=O)Cc1ccccc1. The Balaban J connectivity index is 0. The van der Waals surface area contributed by atoms with Crippen molar-refractivity contribution in [2.24, 2.45) is 0 Å². The van der Waals surface area contributed by atoms with Crippen molar-refractivity contribution in [3.63, 3.8) is 0 Å². The molecule has 1 heteroatoms. The highest BCUT2D eigenvalue weighted by atomic mass is 16.1. The molecule has 0 bridgehead atoms. The van der Waals surface area contributed by atoms with Crippen LogP contribution in [0.2, 0.25) is 0 Å². The Morgan fingerprint density at radius 1 is 1.00 bits per heavy atom. The van der Waals surface area contributed by atoms with Crippen molar-refractivity contribution in [3.05, 3.63) is 35.9 Å². The van der Waals surface area contributed by atoms with Crippen molar-refractivity contribution in [1.82, 2.24) is 0 Å². The minimum Gasteiger partial charge on any atom is -0.300 e. The normalized spacial score (nSPS) is 7.50. The Morgan fingerprint density at radius 2 is 1.43 bits per heavy atom. The van der Waals surface area contributed by atoms with E-state index in [9.17, 15) is 4.79 Å². The first-order valence-electron chi connectivity index (χ1n) is 5.32. The number of ketones is 1. The molecule has 14 heavy (non-hydrogen) atoms. The molecular formula is C13H22O. The van der Waals surface area contributed by atoms with Gasteiger partial charge in [0.25, 0.3) is 0 Å². The van der Waals surface area contributed by atoms with Gasteiger partial charge in [-0.1, -0.05) is 58.0 Å². The fraction of sp³-hybridized carbons (Fsp3) is 0.462. The van der Waals surface area contributed by atoms with Gasteiger partial charge in [0.2, 0.25) is 0 Å². The molecule has 0 aliphatic rings. The lowest BCUT2D eigenvalue weighted by Gasteiger charge is -1.93. The Hall–Kier alpha value is -1.11. The van der Waals surface area contributed by atoms with Crippen LogP contribution in [-0.4, -0.2) is 5.78 Å². The van der Waals surface area contributed by atoms with E-state index in [-0.39, 0.29) is 5.78 Å². The van der Waals surface area contributed by atoms with Crippen LogP contribution in [-0.2, 0) is 11.2 Å². The molecule has 0 saturated carbocycles. The van der Waals surface area contributed by atoms with Crippen LogP contribution in [0.15, 0.2) is 30.3 Å². The standard InChI is InChI=1S/C9H10O.2C2H6/c1-8(10)7-9-5-3-2-4-6-9;2*1-2/h2-6H,7H2,1H3;2*1-2H3. The quantitative estimate of drug-likeness (QED) is 0.698. The van der Waals surface area contributed by atoms with Crippen LogP contribution in [0, 0.1) is 0 Å². The predicted octanol–water partition coefficient (Wildman–Crippen LogP) is 3.87. The number of hydrogen-bond donors (Lipinski definition) is 0. The summed E-state index contributed by atoms with van der Waals surface area (Å²) in [4.78, 5) is 10.6. The van der Waals surface area contributed by atoms with Gasteiger partial charge in [0.15, 0.2) is 0 Å². The maximum atomic E-state index is 10.6. The van der Waals surface area contributed by atoms with Gasteiger partial charge in [-0.15, -0.1) is 0 Å². The van der Waals surface area contributed by atoms with Crippen LogP contribution in [0.5, 0.6) is 0 Å². The lowest BCUT2D eigenvalue weighted by atomic mass is 10.1. The van der Waals surface area contributed by atoms with Crippen molar-refractivity contribution in [2.45, 2.75) is 41.0 Å². The molecule has 1 aromatic rings. The van der Waals surface area contributed by atoms with Crippen molar-refractivity contribution in [3.8, 4) is 0 Å². The number of carbonyl (C=O) groups is 1. The summed E-state index contributed by atoms with van der Waals surface area (Å²) < 4.78 is 0. The summed E-state index contributed by atoms with van der Waals surface area (Å²) in [5.74, 6) is 0.214. The summed E-state index contributed by atoms with van der Waals surface area (Å²) in [6, 6.07) is 9.75. The fourth-order valence-corrected chi connectivity index (χ4v) is 0.883. The van der Waals surface area contributed by atoms with Gasteiger partial charge >= 0.3 is 0 Å². The third-order valence-electron chi connectivity index (χ3n) is 1.30. The topological polar surface area (TPSA) is 17.1 Å². The minimum atomic E-state index is 0.214. The van der Waals surface area contributed by atoms with Crippen molar-refractivity contribution >= 4 is 5.78 Å². The van der Waals surface area contributed by atoms with E-state index in [4.69, 9.17) is 0 Å². The number of carbonyl (C=O) groups excluding carboxylic acids is 1. The van der Waals surface area contributed by atoms with Gasteiger partial charge < -0.3 is 0 Å². The van der Waals surface area contributed by atoms with Gasteiger partial charge in [-0.05, 0) is 12.5 Å². The monoisotopic (exact) mass is 194 g/mol. The zero-order valence-electron chi connectivity index (χ0n) is 10.0. The van der Waals surface area contributed by atoms with Gasteiger partial charge in [0.05, 0.1) is 0 Å². The molecule has 0 amide bonds. The Bertz CT molecular complexity index is 214. The lowest BCUT2D eigenvalue weighted by Crippen LogP contribution is -1.94. The van der Waals surface area contributed by atoms with E-state index < -0.39 is 0 Å². The second kappa shape index (κ2) is 11.9. The third-order valence-corrected chi connectivity index (χ3v) is 1.30. The van der Waals surface area contributed by atoms with Crippen LogP contribution < -0.4 is 0 Å². The molecule has 1 aromatic carbocycles. The zero-order chi connectivity index (χ0) is 11.4. The molecule has 0 aliphatic heterocycles. The number of rotatable bonds is 2. The van der Waals surface area contributed by atoms with Crippen LogP contribution in [0.3, 0.4) is 0 Å². The molecule has 0 spiro atoms. The maximum Gasteiger partial charge on any atom is 0.134 e. The van der Waals surface area contributed by atoms with E-state index in [2.05, 4.69) is 0 Å². The zero-order valence-corrected chi connectivity index (χ0v) is 10.0. The Labute approximate surface area is 88.2 Å². The molecule has 0 atom stereocenters. The van der Waals surface area contributed by atoms with E-state index in [1.54, 1.807) is 6.92 Å². The van der Waals surface area contributed by atoms with Gasteiger partial charge in [-0.25, -0.2) is 0 Å². The first kappa shape index (κ1) is 15.4. The Kier molecular flexibility index (Phi) is 13.1. The van der Waals surface area contributed by atoms with Gasteiger partial charge in [-0.2, -0.15) is 0 Å². The summed E-state index contributed by atoms with van der Waals surface area (Å²) in [7, 11) is 0. The van der Waals surface area contributed by atoms with E-state index in [0.717, 1.165) is 5.56 Å². The maximum absolute atomic E-state index is 10.6. The molecule has 0 N–H and O–H groups in total. The molecule has 0 aromatic heterocycles. The molecule has 0 unspecified atom stereocenters. The second-order valence-corrected chi connectivity index (χ2v) is 2.36. The predicted molar refractivity (Wildman–Crippen MR) is 63.5 cm³/mol. The van der Waals surface area contributed by atoms with E-state index in [1.807, 2.05) is 58.0 Å². The fourth-order valence-electron chi connectivity index (χ4n) is 0.883. The van der Waals surface area contributed by atoms with E-state index >= 15 is 0 Å². The summed E-state index contributed by atoms with van der Waals surface area (Å²) >= 11 is 0. The highest BCUT2D eigenvalue weighted by Crippen LogP contribution is 1.98. The largest absolute Gasteiger partial charge is 0.300 e. The smallest absolute Gasteiger partial charge is 0.134 e. The first-order chi connectivity index (χ1) is 6.79. The number of Topliss-reactive ketones (excluding diaryl/α,β-unsaturated/α-hetero) is 1. The summed E-state index contributed by atoms with van der Waals surface area (Å²) in [6.07, 6.45) is 0.556. The van der Waals surface area contributed by atoms with Crippen molar-refractivity contribution < 1.29 is 4.79 Å². The molecule has 0 radical (unpaired) electrons. The molecular weight excluding hydrogens is 172 g/mol. The molecule has 0 saturated heterocycles. The van der Waals surface area contributed by atoms with Crippen LogP contribution in [0.4, 0.5) is 0 Å². The summed E-state index contributed by atoms with van der Waals surface area (Å²) in [6.45, 7) is 9.60. The molecule has 1 rings (SSSR count). The van der Waals surface area contributed by atoms with Gasteiger partial charge in [0, 0.05) is 6.42 Å². The molecule has 0 heterocycles. The Morgan fingerprint density at radius 3 is 1.79 bits per heavy atom. The summed E-state index contributed by atoms with van der Waals surface area (Å²) in [5, 5.41) is 0. The van der Waals surface area contributed by atoms with Crippen LogP contribution >= 0.6 is 0 Å². The second-order valence-electron chi connectivity index (χ2n) is 2.36. The van der Waals surface area contributed by atoms with Gasteiger partial charge in [0.1, 0.15) is 5.78 Å². The summed E-state index contributed by atoms with van der Waals surface area (Å²) in [5.41, 5.74) is 1.09.